The molecule has 3 amide bonds. The second kappa shape index (κ2) is 11.8. The molecule has 0 bridgehead atoms. The molecule has 0 radical (unpaired) electrons. The van der Waals surface area contributed by atoms with Crippen molar-refractivity contribution < 1.29 is 29.0 Å². The topological polar surface area (TPSA) is 153 Å². The minimum Gasteiger partial charge on any atom is -0.492 e. The van der Waals surface area contributed by atoms with Crippen molar-refractivity contribution in [2.75, 3.05) is 11.5 Å². The highest BCUT2D eigenvalue weighted by Gasteiger charge is 2.21. The van der Waals surface area contributed by atoms with Crippen molar-refractivity contribution in [2.24, 2.45) is 11.5 Å². The zero-order valence-electron chi connectivity index (χ0n) is 15.9. The molecule has 0 aliphatic carbocycles. The van der Waals surface area contributed by atoms with E-state index in [1.54, 1.807) is 24.3 Å². The van der Waals surface area contributed by atoms with E-state index in [0.29, 0.717) is 23.7 Å². The van der Waals surface area contributed by atoms with Crippen molar-refractivity contribution in [2.45, 2.75) is 19.8 Å². The Morgan fingerprint density at radius 1 is 0.897 bits per heavy atom. The first-order valence-electron chi connectivity index (χ1n) is 8.68. The predicted molar refractivity (Wildman–Crippen MR) is 106 cm³/mol. The fraction of sp³-hybridized carbons (Fsp3) is 0.200. The molecule has 0 atom stereocenters. The number of carboxylic acids is 1. The largest absolute Gasteiger partial charge is 0.492 e. The van der Waals surface area contributed by atoms with Crippen molar-refractivity contribution in [3.05, 3.63) is 54.6 Å². The van der Waals surface area contributed by atoms with Gasteiger partial charge in [0, 0.05) is 12.1 Å². The van der Waals surface area contributed by atoms with Crippen LogP contribution in [0.5, 0.6) is 5.75 Å². The van der Waals surface area contributed by atoms with E-state index >= 15 is 0 Å². The predicted octanol–water partition coefficient (Wildman–Crippen LogP) is 1.57. The number of hydrogen-bond donors (Lipinski definition) is 3. The minimum absolute atomic E-state index is 0.0787. The Labute approximate surface area is 167 Å². The van der Waals surface area contributed by atoms with E-state index in [1.165, 1.54) is 4.90 Å². The third-order valence-electron chi connectivity index (χ3n) is 3.47. The summed E-state index contributed by atoms with van der Waals surface area (Å²) in [6, 6.07) is 16.4. The summed E-state index contributed by atoms with van der Waals surface area (Å²) < 4.78 is 5.61. The van der Waals surface area contributed by atoms with Crippen LogP contribution in [0.3, 0.4) is 0 Å². The van der Waals surface area contributed by atoms with Gasteiger partial charge < -0.3 is 21.3 Å². The highest BCUT2D eigenvalue weighted by molar-refractivity contribution is 6.33. The summed E-state index contributed by atoms with van der Waals surface area (Å²) in [5.41, 5.74) is 9.93. The Bertz CT molecular complexity index is 842. The fourth-order valence-corrected chi connectivity index (χ4v) is 2.24. The maximum Gasteiger partial charge on any atom is 0.306 e. The van der Waals surface area contributed by atoms with Crippen LogP contribution in [0.25, 0.3) is 0 Å². The molecule has 5 N–H and O–H groups in total. The highest BCUT2D eigenvalue weighted by atomic mass is 16.5. The van der Waals surface area contributed by atoms with Gasteiger partial charge in [0.15, 0.2) is 0 Å². The molecule has 0 heterocycles. The molecular weight excluding hydrogens is 378 g/mol. The molecule has 29 heavy (non-hydrogen) atoms. The SMILES string of the molecule is CCOc1ccccc1N(C(=O)CCC(=O)O)c1ccccc1.NC(=O)C(N)=O. The van der Waals surface area contributed by atoms with Gasteiger partial charge in [-0.25, -0.2) is 0 Å². The highest BCUT2D eigenvalue weighted by Crippen LogP contribution is 2.34. The molecule has 2 aromatic carbocycles. The lowest BCUT2D eigenvalue weighted by Crippen LogP contribution is -2.29. The number of amides is 3. The van der Waals surface area contributed by atoms with Crippen LogP contribution in [-0.4, -0.2) is 35.4 Å². The average molecular weight is 401 g/mol. The van der Waals surface area contributed by atoms with Gasteiger partial charge in [-0.05, 0) is 31.2 Å². The molecule has 9 nitrogen and oxygen atoms in total. The van der Waals surface area contributed by atoms with Crippen molar-refractivity contribution in [1.29, 1.82) is 0 Å². The molecule has 0 aromatic heterocycles. The first-order valence-corrected chi connectivity index (χ1v) is 8.68. The van der Waals surface area contributed by atoms with Crippen molar-refractivity contribution >= 4 is 35.1 Å². The molecule has 0 unspecified atom stereocenters. The first-order chi connectivity index (χ1) is 13.8. The molecule has 0 aliphatic heterocycles. The smallest absolute Gasteiger partial charge is 0.306 e. The number of hydrogen-bond acceptors (Lipinski definition) is 5. The zero-order valence-corrected chi connectivity index (χ0v) is 15.9. The van der Waals surface area contributed by atoms with Gasteiger partial charge in [-0.1, -0.05) is 30.3 Å². The Morgan fingerprint density at radius 2 is 1.45 bits per heavy atom. The first kappa shape index (κ1) is 23.2. The number of primary amides is 2. The van der Waals surface area contributed by atoms with Gasteiger partial charge in [0.1, 0.15) is 5.75 Å². The van der Waals surface area contributed by atoms with E-state index in [0.717, 1.165) is 0 Å². The van der Waals surface area contributed by atoms with Crippen LogP contribution in [0.2, 0.25) is 0 Å². The minimum atomic E-state index is -1.10. The number of carbonyl (C=O) groups excluding carboxylic acids is 3. The van der Waals surface area contributed by atoms with Crippen molar-refractivity contribution in [1.82, 2.24) is 0 Å². The Hall–Kier alpha value is -3.88. The number of benzene rings is 2. The summed E-state index contributed by atoms with van der Waals surface area (Å²) in [4.78, 5) is 43.8. The summed E-state index contributed by atoms with van der Waals surface area (Å²) in [7, 11) is 0. The standard InChI is InChI=1S/C18H19NO4.C2H4N2O2/c1-2-23-16-11-7-6-10-15(16)19(14-8-4-3-5-9-14)17(20)12-13-18(21)22;3-1(5)2(4)6/h3-11H,2,12-13H2,1H3,(H,21,22);(H2,3,5)(H2,4,6). The number of carbonyl (C=O) groups is 4. The van der Waals surface area contributed by atoms with Crippen LogP contribution in [0.1, 0.15) is 19.8 Å². The molecular formula is C20H23N3O6. The average Bonchev–Trinajstić information content (AvgIpc) is 2.69. The third-order valence-corrected chi connectivity index (χ3v) is 3.47. The summed E-state index contributed by atoms with van der Waals surface area (Å²) in [5.74, 6) is -2.90. The lowest BCUT2D eigenvalue weighted by atomic mass is 10.2. The van der Waals surface area contributed by atoms with Crippen LogP contribution in [0, 0.1) is 0 Å². The van der Waals surface area contributed by atoms with E-state index < -0.39 is 17.8 Å². The van der Waals surface area contributed by atoms with Crippen molar-refractivity contribution in [3.8, 4) is 5.75 Å². The van der Waals surface area contributed by atoms with Crippen molar-refractivity contribution in [3.63, 3.8) is 0 Å². The quantitative estimate of drug-likeness (QED) is 0.599. The number of nitrogens with zero attached hydrogens (tertiary/aromatic N) is 1. The molecule has 154 valence electrons. The van der Waals surface area contributed by atoms with Gasteiger partial charge in [0.25, 0.3) is 0 Å². The number of aliphatic carboxylic acids is 1. The Morgan fingerprint density at radius 3 is 1.97 bits per heavy atom. The van der Waals surface area contributed by atoms with Crippen LogP contribution >= 0.6 is 0 Å². The van der Waals surface area contributed by atoms with Gasteiger partial charge in [0.05, 0.1) is 18.7 Å². The molecule has 2 rings (SSSR count). The van der Waals surface area contributed by atoms with Gasteiger partial charge in [-0.15, -0.1) is 0 Å². The molecule has 0 saturated carbocycles. The molecule has 9 heteroatoms. The molecule has 0 saturated heterocycles. The number of anilines is 2. The summed E-state index contributed by atoms with van der Waals surface area (Å²) in [5, 5.41) is 8.83. The van der Waals surface area contributed by atoms with E-state index in [9.17, 15) is 19.2 Å². The second-order valence-electron chi connectivity index (χ2n) is 5.59. The van der Waals surface area contributed by atoms with Crippen LogP contribution in [0.15, 0.2) is 54.6 Å². The Kier molecular flexibility index (Phi) is 9.39. The monoisotopic (exact) mass is 401 g/mol. The third kappa shape index (κ3) is 7.71. The zero-order chi connectivity index (χ0) is 21.8. The number of rotatable bonds is 7. The maximum absolute atomic E-state index is 12.6. The second-order valence-corrected chi connectivity index (χ2v) is 5.59. The fourth-order valence-electron chi connectivity index (χ4n) is 2.24. The molecule has 0 aliphatic rings. The van der Waals surface area contributed by atoms with Gasteiger partial charge >= 0.3 is 17.8 Å². The van der Waals surface area contributed by atoms with E-state index in [2.05, 4.69) is 11.5 Å². The molecule has 0 spiro atoms. The Balaban J connectivity index is 0.000000612. The van der Waals surface area contributed by atoms with E-state index in [4.69, 9.17) is 9.84 Å². The van der Waals surface area contributed by atoms with Crippen LogP contribution in [0.4, 0.5) is 11.4 Å². The number of para-hydroxylation sites is 3. The summed E-state index contributed by atoms with van der Waals surface area (Å²) in [6.45, 7) is 2.35. The van der Waals surface area contributed by atoms with Gasteiger partial charge in [0.2, 0.25) is 5.91 Å². The van der Waals surface area contributed by atoms with E-state index in [-0.39, 0.29) is 18.7 Å². The van der Waals surface area contributed by atoms with Gasteiger partial charge in [-0.3, -0.25) is 24.1 Å². The van der Waals surface area contributed by atoms with Crippen LogP contribution < -0.4 is 21.1 Å². The summed E-state index contributed by atoms with van der Waals surface area (Å²) in [6.07, 6.45) is -0.288. The number of ether oxygens (including phenoxy) is 1. The number of nitrogens with two attached hydrogens (primary N) is 2. The van der Waals surface area contributed by atoms with E-state index in [1.807, 2.05) is 37.3 Å². The van der Waals surface area contributed by atoms with Gasteiger partial charge in [-0.2, -0.15) is 0 Å². The molecule has 2 aromatic rings. The number of carboxylic acid groups (broad SMARTS) is 1. The summed E-state index contributed by atoms with van der Waals surface area (Å²) >= 11 is 0. The lowest BCUT2D eigenvalue weighted by Gasteiger charge is -2.25. The lowest BCUT2D eigenvalue weighted by molar-refractivity contribution is -0.138. The molecule has 0 fully saturated rings. The van der Waals surface area contributed by atoms with Crippen LogP contribution in [-0.2, 0) is 19.2 Å². The maximum atomic E-state index is 12.6. The normalized spacial score (nSPS) is 9.55.